The number of hydrogen-bond acceptors (Lipinski definition) is 2. The normalized spacial score (nSPS) is 18.1. The van der Waals surface area contributed by atoms with E-state index in [1.165, 1.54) is 44.2 Å². The lowest BCUT2D eigenvalue weighted by Gasteiger charge is -2.31. The van der Waals surface area contributed by atoms with Crippen molar-refractivity contribution in [3.05, 3.63) is 219 Å². The van der Waals surface area contributed by atoms with Crippen LogP contribution in [0.5, 0.6) is 0 Å². The molecule has 0 radical (unpaired) electrons. The van der Waals surface area contributed by atoms with Gasteiger partial charge in [-0.15, -0.1) is 19.7 Å². The average Bonchev–Trinajstić information content (AvgIpc) is 3.82. The number of nitrogens with zero attached hydrogens (tertiary/aromatic N) is 3. The van der Waals surface area contributed by atoms with Crippen LogP contribution in [0.1, 0.15) is 57.4 Å². The van der Waals surface area contributed by atoms with Crippen molar-refractivity contribution in [3.8, 4) is 5.69 Å². The summed E-state index contributed by atoms with van der Waals surface area (Å²) in [5.41, 5.74) is 12.8. The number of benzene rings is 3. The van der Waals surface area contributed by atoms with Gasteiger partial charge in [-0.3, -0.25) is 0 Å². The molecule has 57 heavy (non-hydrogen) atoms. The highest BCUT2D eigenvalue weighted by Crippen LogP contribution is 2.48. The molecule has 4 aromatic rings. The topological polar surface area (TPSA) is 11.4 Å². The third-order valence-corrected chi connectivity index (χ3v) is 11.6. The Bertz CT molecular complexity index is 2330. The zero-order valence-corrected chi connectivity index (χ0v) is 34.0. The first kappa shape index (κ1) is 40.6. The van der Waals surface area contributed by atoms with Gasteiger partial charge in [-0.2, -0.15) is 0 Å². The molecule has 3 heterocycles. The van der Waals surface area contributed by atoms with Crippen LogP contribution < -0.4 is 0 Å². The first-order valence-electron chi connectivity index (χ1n) is 20.3. The molecule has 3 unspecified atom stereocenters. The molecular formula is C54H59N3. The number of allylic oxidation sites excluding steroid dienone is 9. The average molecular weight is 750 g/mol. The summed E-state index contributed by atoms with van der Waals surface area (Å²) in [6.07, 6.45) is 25.4. The molecule has 0 aliphatic carbocycles. The summed E-state index contributed by atoms with van der Waals surface area (Å²) >= 11 is 0. The largest absolute Gasteiger partial charge is 0.360 e. The summed E-state index contributed by atoms with van der Waals surface area (Å²) in [6, 6.07) is 26.5. The van der Waals surface area contributed by atoms with Crippen LogP contribution >= 0.6 is 0 Å². The fourth-order valence-corrected chi connectivity index (χ4v) is 8.47. The highest BCUT2D eigenvalue weighted by molar-refractivity contribution is 6.10. The fraction of sp³-hybridized carbons (Fsp3) is 0.222. The molecular weight excluding hydrogens is 691 g/mol. The summed E-state index contributed by atoms with van der Waals surface area (Å²) in [4.78, 5) is 4.81. The molecule has 3 heteroatoms. The molecule has 0 N–H and O–H groups in total. The molecule has 3 atom stereocenters. The Morgan fingerprint density at radius 1 is 0.737 bits per heavy atom. The molecule has 2 aliphatic rings. The Hall–Kier alpha value is -6.06. The predicted molar refractivity (Wildman–Crippen MR) is 249 cm³/mol. The van der Waals surface area contributed by atoms with Gasteiger partial charge < -0.3 is 14.4 Å². The van der Waals surface area contributed by atoms with Gasteiger partial charge in [-0.05, 0) is 111 Å². The van der Waals surface area contributed by atoms with Crippen LogP contribution in [-0.2, 0) is 0 Å². The van der Waals surface area contributed by atoms with Crippen LogP contribution in [-0.4, -0.2) is 33.0 Å². The maximum absolute atomic E-state index is 4.62. The third kappa shape index (κ3) is 8.69. The molecule has 290 valence electrons. The molecule has 3 aromatic carbocycles. The van der Waals surface area contributed by atoms with Crippen LogP contribution in [0.15, 0.2) is 214 Å². The smallest absolute Gasteiger partial charge is 0.0575 e. The summed E-state index contributed by atoms with van der Waals surface area (Å²) < 4.78 is 2.36. The van der Waals surface area contributed by atoms with Crippen molar-refractivity contribution in [2.24, 2.45) is 5.92 Å². The zero-order chi connectivity index (χ0) is 40.5. The quantitative estimate of drug-likeness (QED) is 0.0658. The van der Waals surface area contributed by atoms with E-state index in [4.69, 9.17) is 0 Å². The Kier molecular flexibility index (Phi) is 13.3. The molecule has 0 saturated carbocycles. The summed E-state index contributed by atoms with van der Waals surface area (Å²) in [5.74, 6) is 0.259. The maximum atomic E-state index is 4.62. The van der Waals surface area contributed by atoms with E-state index in [9.17, 15) is 0 Å². The van der Waals surface area contributed by atoms with Gasteiger partial charge in [0.25, 0.3) is 0 Å². The van der Waals surface area contributed by atoms with Crippen molar-refractivity contribution in [1.82, 2.24) is 14.4 Å². The van der Waals surface area contributed by atoms with Crippen molar-refractivity contribution >= 4 is 27.4 Å². The van der Waals surface area contributed by atoms with Crippen molar-refractivity contribution < 1.29 is 0 Å². The monoisotopic (exact) mass is 749 g/mol. The van der Waals surface area contributed by atoms with E-state index in [1.807, 2.05) is 18.2 Å². The first-order valence-corrected chi connectivity index (χ1v) is 20.3. The second kappa shape index (κ2) is 18.7. The van der Waals surface area contributed by atoms with Crippen LogP contribution in [0.4, 0.5) is 0 Å². The molecule has 0 bridgehead atoms. The van der Waals surface area contributed by atoms with Crippen LogP contribution in [0, 0.1) is 5.92 Å². The van der Waals surface area contributed by atoms with Crippen molar-refractivity contribution in [2.75, 3.05) is 6.54 Å². The van der Waals surface area contributed by atoms with Gasteiger partial charge >= 0.3 is 0 Å². The van der Waals surface area contributed by atoms with Gasteiger partial charge in [0.1, 0.15) is 0 Å². The van der Waals surface area contributed by atoms with E-state index < -0.39 is 0 Å². The summed E-state index contributed by atoms with van der Waals surface area (Å²) in [6.45, 7) is 37.0. The number of aromatic nitrogens is 1. The maximum Gasteiger partial charge on any atom is 0.0575 e. The minimum Gasteiger partial charge on any atom is -0.360 e. The van der Waals surface area contributed by atoms with Crippen molar-refractivity contribution in [1.29, 1.82) is 0 Å². The predicted octanol–water partition coefficient (Wildman–Crippen LogP) is 14.2. The Morgan fingerprint density at radius 2 is 1.46 bits per heavy atom. The molecule has 1 saturated heterocycles. The second-order valence-electron chi connectivity index (χ2n) is 15.2. The van der Waals surface area contributed by atoms with Gasteiger partial charge in [0.05, 0.1) is 23.1 Å². The molecule has 0 spiro atoms. The van der Waals surface area contributed by atoms with Crippen LogP contribution in [0.3, 0.4) is 0 Å². The summed E-state index contributed by atoms with van der Waals surface area (Å²) in [7, 11) is 0. The van der Waals surface area contributed by atoms with Crippen LogP contribution in [0.2, 0.25) is 0 Å². The van der Waals surface area contributed by atoms with E-state index in [2.05, 4.69) is 183 Å². The minimum atomic E-state index is 0.178. The second-order valence-corrected chi connectivity index (χ2v) is 15.2. The SMILES string of the molecule is C=CCCC(=C)C(=C)CCC(=C)N(/C=C/CC1C(=C)C(CC=C)C2=CC(=C)C(CC=C)N21)C/C=C\C(=C/C)c1ccc2c(c1)c1ccccc1n2-c1ccccc1. The van der Waals surface area contributed by atoms with E-state index in [0.717, 1.165) is 73.0 Å². The lowest BCUT2D eigenvalue weighted by atomic mass is 9.91. The Labute approximate surface area is 342 Å². The molecule has 3 nitrogen and oxygen atoms in total. The zero-order valence-electron chi connectivity index (χ0n) is 34.0. The number of fused-ring (bicyclic) bond motifs is 4. The van der Waals surface area contributed by atoms with Gasteiger partial charge in [0.15, 0.2) is 0 Å². The highest BCUT2D eigenvalue weighted by atomic mass is 15.2. The standard InChI is InChI=1S/C54H59N3/c1-10-14-24-39(5)40(6)31-32-42(8)55(36-21-30-51-43(9)47(22-11-2)54-37-41(7)50(23-12-3)57(51)54)35-20-25-44(13-4)45-33-34-53-49(38-45)48-28-18-19-29-52(48)56(53)46-26-16-15-17-27-46/h10-13,15-21,25-29,33-34,36-38,47,50-51H,1-3,5-9,14,22-24,30-32,35H2,4H3/b25-20-,36-21+,44-13+. The molecule has 0 amide bonds. The van der Waals surface area contributed by atoms with Gasteiger partial charge in [-0.1, -0.05) is 129 Å². The molecule has 6 rings (SSSR count). The summed E-state index contributed by atoms with van der Waals surface area (Å²) in [5, 5.41) is 2.49. The Morgan fingerprint density at radius 3 is 2.19 bits per heavy atom. The third-order valence-electron chi connectivity index (χ3n) is 11.6. The highest BCUT2D eigenvalue weighted by Gasteiger charge is 2.44. The minimum absolute atomic E-state index is 0.178. The number of rotatable bonds is 20. The molecule has 1 fully saturated rings. The number of hydrogen-bond donors (Lipinski definition) is 0. The van der Waals surface area contributed by atoms with E-state index in [-0.39, 0.29) is 18.0 Å². The first-order chi connectivity index (χ1) is 27.7. The molecule has 2 aliphatic heterocycles. The molecule has 1 aromatic heterocycles. The van der Waals surface area contributed by atoms with Crippen LogP contribution in [0.25, 0.3) is 33.1 Å². The van der Waals surface area contributed by atoms with Crippen molar-refractivity contribution in [3.63, 3.8) is 0 Å². The van der Waals surface area contributed by atoms with Crippen molar-refractivity contribution in [2.45, 2.75) is 64.0 Å². The number of para-hydroxylation sites is 2. The van der Waals surface area contributed by atoms with Gasteiger partial charge in [0.2, 0.25) is 0 Å². The fourth-order valence-electron chi connectivity index (χ4n) is 8.47. The lowest BCUT2D eigenvalue weighted by molar-refractivity contribution is 0.274. The Balaban J connectivity index is 1.24. The van der Waals surface area contributed by atoms with Gasteiger partial charge in [-0.25, -0.2) is 0 Å². The van der Waals surface area contributed by atoms with E-state index in [0.29, 0.717) is 6.54 Å². The van der Waals surface area contributed by atoms with E-state index in [1.54, 1.807) is 0 Å². The van der Waals surface area contributed by atoms with Gasteiger partial charge in [0, 0.05) is 46.5 Å². The lowest BCUT2D eigenvalue weighted by Crippen LogP contribution is -2.35. The van der Waals surface area contributed by atoms with E-state index >= 15 is 0 Å².